The summed E-state index contributed by atoms with van der Waals surface area (Å²) < 4.78 is 0. The third-order valence-electron chi connectivity index (χ3n) is 6.39. The van der Waals surface area contributed by atoms with Gasteiger partial charge in [0.15, 0.2) is 0 Å². The number of hydrogen-bond donors (Lipinski definition) is 0. The monoisotopic (exact) mass is 362 g/mol. The number of carbonyl (C=O) groups is 1. The van der Waals surface area contributed by atoms with E-state index in [2.05, 4.69) is 68.4 Å². The van der Waals surface area contributed by atoms with Gasteiger partial charge >= 0.3 is 0 Å². The first kappa shape index (κ1) is 19.9. The van der Waals surface area contributed by atoms with Crippen LogP contribution >= 0.6 is 0 Å². The Bertz CT molecular complexity index is 712. The summed E-state index contributed by atoms with van der Waals surface area (Å²) in [6.07, 6.45) is 10.6. The van der Waals surface area contributed by atoms with E-state index in [-0.39, 0.29) is 5.41 Å². The molecule has 0 radical (unpaired) electrons. The molecule has 1 nitrogen and oxygen atoms in total. The smallest absolute Gasteiger partial charge is 0.133 e. The van der Waals surface area contributed by atoms with Crippen molar-refractivity contribution in [2.24, 2.45) is 10.8 Å². The number of carbonyl (C=O) groups excluding carboxylic acids is 1. The van der Waals surface area contributed by atoms with Crippen LogP contribution in [-0.4, -0.2) is 5.78 Å². The minimum Gasteiger partial charge on any atom is -0.300 e. The maximum absolute atomic E-state index is 11.2. The summed E-state index contributed by atoms with van der Waals surface area (Å²) in [6.45, 7) is 4.66. The van der Waals surface area contributed by atoms with E-state index in [0.717, 1.165) is 25.7 Å². The molecule has 2 aliphatic carbocycles. The van der Waals surface area contributed by atoms with E-state index in [1.165, 1.54) is 43.2 Å². The van der Waals surface area contributed by atoms with Gasteiger partial charge in [0, 0.05) is 12.8 Å². The second kappa shape index (κ2) is 8.87. The fraction of sp³-hybridized carbons (Fsp3) is 0.500. The molecule has 0 aliphatic heterocycles. The van der Waals surface area contributed by atoms with E-state index in [0.29, 0.717) is 11.2 Å². The molecule has 0 amide bonds. The van der Waals surface area contributed by atoms with Gasteiger partial charge in [0.25, 0.3) is 0 Å². The highest BCUT2D eigenvalue weighted by Crippen LogP contribution is 2.40. The molecular formula is C26H34O. The predicted octanol–water partition coefficient (Wildman–Crippen LogP) is 6.80. The van der Waals surface area contributed by atoms with Crippen LogP contribution in [0.1, 0.15) is 69.9 Å². The van der Waals surface area contributed by atoms with Gasteiger partial charge in [0.2, 0.25) is 0 Å². The maximum Gasteiger partial charge on any atom is 0.133 e. The second-order valence-electron chi connectivity index (χ2n) is 9.37. The van der Waals surface area contributed by atoms with Crippen LogP contribution in [0.3, 0.4) is 0 Å². The van der Waals surface area contributed by atoms with Gasteiger partial charge in [-0.1, -0.05) is 87.4 Å². The first-order valence-corrected chi connectivity index (χ1v) is 10.6. The molecule has 0 heterocycles. The van der Waals surface area contributed by atoms with Crippen molar-refractivity contribution in [1.29, 1.82) is 0 Å². The molecule has 4 rings (SSSR count). The van der Waals surface area contributed by atoms with Crippen LogP contribution in [0.25, 0.3) is 0 Å². The number of rotatable bonds is 4. The van der Waals surface area contributed by atoms with Gasteiger partial charge in [0.05, 0.1) is 0 Å². The van der Waals surface area contributed by atoms with Crippen LogP contribution in [0.5, 0.6) is 0 Å². The average Bonchev–Trinajstić information content (AvgIpc) is 3.22. The van der Waals surface area contributed by atoms with E-state index in [1.54, 1.807) is 0 Å². The Morgan fingerprint density at radius 2 is 1.19 bits per heavy atom. The Labute approximate surface area is 165 Å². The fourth-order valence-corrected chi connectivity index (χ4v) is 4.83. The minimum absolute atomic E-state index is 0.221. The van der Waals surface area contributed by atoms with Crippen LogP contribution in [0.15, 0.2) is 60.7 Å². The Kier molecular flexibility index (Phi) is 6.52. The van der Waals surface area contributed by atoms with Gasteiger partial charge in [-0.25, -0.2) is 0 Å². The summed E-state index contributed by atoms with van der Waals surface area (Å²) in [4.78, 5) is 11.2. The van der Waals surface area contributed by atoms with E-state index >= 15 is 0 Å². The SMILES string of the molecule is CC1(Cc2ccccc2)CCC(=O)C1.CC1(Cc2ccccc2)CCCC1. The number of benzene rings is 2. The zero-order chi connectivity index (χ0) is 19.2. The van der Waals surface area contributed by atoms with Gasteiger partial charge in [-0.3, -0.25) is 4.79 Å². The zero-order valence-electron chi connectivity index (χ0n) is 17.0. The lowest BCUT2D eigenvalue weighted by Gasteiger charge is -2.23. The summed E-state index contributed by atoms with van der Waals surface area (Å²) in [5.74, 6) is 0.434. The predicted molar refractivity (Wildman–Crippen MR) is 114 cm³/mol. The molecule has 2 aromatic rings. The van der Waals surface area contributed by atoms with Gasteiger partial charge < -0.3 is 0 Å². The van der Waals surface area contributed by atoms with Crippen molar-refractivity contribution in [3.63, 3.8) is 0 Å². The van der Waals surface area contributed by atoms with Crippen molar-refractivity contribution in [2.45, 2.75) is 71.6 Å². The van der Waals surface area contributed by atoms with E-state index in [4.69, 9.17) is 0 Å². The Morgan fingerprint density at radius 3 is 1.63 bits per heavy atom. The van der Waals surface area contributed by atoms with Gasteiger partial charge in [0.1, 0.15) is 5.78 Å². The Balaban J connectivity index is 0.000000156. The summed E-state index contributed by atoms with van der Waals surface area (Å²) in [6, 6.07) is 21.4. The molecular weight excluding hydrogens is 328 g/mol. The highest BCUT2D eigenvalue weighted by molar-refractivity contribution is 5.81. The number of hydrogen-bond acceptors (Lipinski definition) is 1. The van der Waals surface area contributed by atoms with Crippen LogP contribution in [0.2, 0.25) is 0 Å². The third kappa shape index (κ3) is 6.06. The van der Waals surface area contributed by atoms with Crippen molar-refractivity contribution in [3.8, 4) is 0 Å². The summed E-state index contributed by atoms with van der Waals surface area (Å²) >= 11 is 0. The van der Waals surface area contributed by atoms with E-state index < -0.39 is 0 Å². The van der Waals surface area contributed by atoms with Crippen molar-refractivity contribution in [1.82, 2.24) is 0 Å². The second-order valence-corrected chi connectivity index (χ2v) is 9.37. The van der Waals surface area contributed by atoms with E-state index in [1.807, 2.05) is 6.07 Å². The van der Waals surface area contributed by atoms with Crippen LogP contribution in [-0.2, 0) is 17.6 Å². The van der Waals surface area contributed by atoms with Crippen LogP contribution in [0.4, 0.5) is 0 Å². The normalized spacial score (nSPS) is 23.7. The number of ketones is 1. The molecule has 0 aromatic heterocycles. The molecule has 2 saturated carbocycles. The fourth-order valence-electron chi connectivity index (χ4n) is 4.83. The molecule has 2 aromatic carbocycles. The highest BCUT2D eigenvalue weighted by atomic mass is 16.1. The lowest BCUT2D eigenvalue weighted by Crippen LogP contribution is -2.15. The highest BCUT2D eigenvalue weighted by Gasteiger charge is 2.33. The summed E-state index contributed by atoms with van der Waals surface area (Å²) in [7, 11) is 0. The largest absolute Gasteiger partial charge is 0.300 e. The van der Waals surface area contributed by atoms with Gasteiger partial charge in [-0.05, 0) is 54.1 Å². The molecule has 144 valence electrons. The molecule has 0 spiro atoms. The minimum atomic E-state index is 0.221. The van der Waals surface area contributed by atoms with Crippen molar-refractivity contribution >= 4 is 5.78 Å². The first-order valence-electron chi connectivity index (χ1n) is 10.6. The lowest BCUT2D eigenvalue weighted by molar-refractivity contribution is -0.117. The van der Waals surface area contributed by atoms with Crippen molar-refractivity contribution in [2.75, 3.05) is 0 Å². The topological polar surface area (TPSA) is 17.1 Å². The first-order chi connectivity index (χ1) is 13.0. The molecule has 0 saturated heterocycles. The zero-order valence-corrected chi connectivity index (χ0v) is 17.0. The molecule has 1 atom stereocenters. The Hall–Kier alpha value is -1.89. The third-order valence-corrected chi connectivity index (χ3v) is 6.39. The molecule has 2 aliphatic rings. The van der Waals surface area contributed by atoms with E-state index in [9.17, 15) is 4.79 Å². The molecule has 1 heteroatoms. The van der Waals surface area contributed by atoms with Crippen LogP contribution < -0.4 is 0 Å². The summed E-state index contributed by atoms with van der Waals surface area (Å²) in [5, 5.41) is 0. The molecule has 0 N–H and O–H groups in total. The number of Topliss-reactive ketones (excluding diaryl/α,β-unsaturated/α-hetero) is 1. The molecule has 27 heavy (non-hydrogen) atoms. The standard InChI is InChI=1S/C13H16O.C13H18/c1-13(8-7-12(14)10-13)9-11-5-3-2-4-6-11;1-13(9-5-6-10-13)11-12-7-3-2-4-8-12/h2-6H,7-10H2,1H3;2-4,7-8H,5-6,9-11H2,1H3. The van der Waals surface area contributed by atoms with Crippen molar-refractivity contribution < 1.29 is 4.79 Å². The van der Waals surface area contributed by atoms with Gasteiger partial charge in [-0.15, -0.1) is 0 Å². The molecule has 0 bridgehead atoms. The van der Waals surface area contributed by atoms with Gasteiger partial charge in [-0.2, -0.15) is 0 Å². The molecule has 2 fully saturated rings. The average molecular weight is 363 g/mol. The Morgan fingerprint density at radius 1 is 0.704 bits per heavy atom. The van der Waals surface area contributed by atoms with Crippen molar-refractivity contribution in [3.05, 3.63) is 71.8 Å². The summed E-state index contributed by atoms with van der Waals surface area (Å²) in [5.41, 5.74) is 3.68. The van der Waals surface area contributed by atoms with Crippen LogP contribution in [0, 0.1) is 10.8 Å². The molecule has 1 unspecified atom stereocenters. The quantitative estimate of drug-likeness (QED) is 0.584. The lowest BCUT2D eigenvalue weighted by atomic mass is 9.82. The maximum atomic E-state index is 11.2.